The van der Waals surface area contributed by atoms with Crippen LogP contribution < -0.4 is 20.4 Å². The average molecular weight is 626 g/mol. The van der Waals surface area contributed by atoms with Crippen molar-refractivity contribution < 1.29 is 22.8 Å². The van der Waals surface area contributed by atoms with Crippen LogP contribution in [0, 0.1) is 5.92 Å². The van der Waals surface area contributed by atoms with Gasteiger partial charge in [0.1, 0.15) is 5.82 Å². The number of rotatable bonds is 7. The predicted octanol–water partition coefficient (Wildman–Crippen LogP) is 5.76. The van der Waals surface area contributed by atoms with Gasteiger partial charge in [-0.1, -0.05) is 29.8 Å². The van der Waals surface area contributed by atoms with Crippen molar-refractivity contribution in [2.24, 2.45) is 13.0 Å². The molecule has 0 aliphatic carbocycles. The fourth-order valence-corrected chi connectivity index (χ4v) is 6.07. The van der Waals surface area contributed by atoms with Crippen molar-refractivity contribution in [1.29, 1.82) is 0 Å². The molecular formula is C31H31ClF3N7O2. The van der Waals surface area contributed by atoms with E-state index >= 15 is 0 Å². The first-order valence-electron chi connectivity index (χ1n) is 14.4. The summed E-state index contributed by atoms with van der Waals surface area (Å²) in [6.45, 7) is 2.52. The molecule has 230 valence electrons. The van der Waals surface area contributed by atoms with Crippen molar-refractivity contribution in [2.75, 3.05) is 36.0 Å². The SMILES string of the molecule is Cn1nc(N2CCC(=O)NC2=O)c2cc(CNCC3CCN(c4ncc(-c5cccc(Cl)c5)cc4C(F)(F)F)CC3)ccc21. The number of imide groups is 1. The zero-order valence-corrected chi connectivity index (χ0v) is 24.8. The van der Waals surface area contributed by atoms with E-state index in [0.717, 1.165) is 41.9 Å². The number of carbonyl (C=O) groups excluding carboxylic acids is 2. The molecule has 4 heterocycles. The number of nitrogens with zero attached hydrogens (tertiary/aromatic N) is 5. The first-order chi connectivity index (χ1) is 21.1. The van der Waals surface area contributed by atoms with E-state index in [1.54, 1.807) is 33.8 Å². The van der Waals surface area contributed by atoms with Gasteiger partial charge < -0.3 is 10.2 Å². The van der Waals surface area contributed by atoms with Gasteiger partial charge in [-0.2, -0.15) is 18.3 Å². The Balaban J connectivity index is 1.08. The highest BCUT2D eigenvalue weighted by molar-refractivity contribution is 6.30. The van der Waals surface area contributed by atoms with Crippen LogP contribution in [0.2, 0.25) is 5.02 Å². The van der Waals surface area contributed by atoms with Crippen molar-refractivity contribution in [1.82, 2.24) is 25.4 Å². The second kappa shape index (κ2) is 12.1. The molecule has 2 aromatic carbocycles. The van der Waals surface area contributed by atoms with Crippen LogP contribution in [-0.2, 0) is 24.6 Å². The highest BCUT2D eigenvalue weighted by atomic mass is 35.5. The van der Waals surface area contributed by atoms with Gasteiger partial charge >= 0.3 is 12.2 Å². The Hall–Kier alpha value is -4.16. The molecule has 44 heavy (non-hydrogen) atoms. The van der Waals surface area contributed by atoms with Crippen LogP contribution >= 0.6 is 11.6 Å². The van der Waals surface area contributed by atoms with Gasteiger partial charge in [0.2, 0.25) is 5.91 Å². The molecule has 2 aromatic heterocycles. The van der Waals surface area contributed by atoms with Gasteiger partial charge in [0.05, 0.1) is 11.1 Å². The van der Waals surface area contributed by atoms with Crippen LogP contribution in [0.5, 0.6) is 0 Å². The number of fused-ring (bicyclic) bond motifs is 1. The maximum atomic E-state index is 14.1. The maximum Gasteiger partial charge on any atom is 0.419 e. The summed E-state index contributed by atoms with van der Waals surface area (Å²) in [5.41, 5.74) is 2.09. The molecule has 4 aromatic rings. The first kappa shape index (κ1) is 29.9. The molecule has 2 N–H and O–H groups in total. The van der Waals surface area contributed by atoms with E-state index < -0.39 is 17.8 Å². The largest absolute Gasteiger partial charge is 0.419 e. The molecule has 3 amide bonds. The van der Waals surface area contributed by atoms with E-state index in [9.17, 15) is 22.8 Å². The molecule has 0 unspecified atom stereocenters. The van der Waals surface area contributed by atoms with E-state index in [-0.39, 0.29) is 24.7 Å². The third kappa shape index (κ3) is 6.22. The second-order valence-electron chi connectivity index (χ2n) is 11.2. The molecule has 2 aliphatic heterocycles. The topological polar surface area (TPSA) is 95.4 Å². The van der Waals surface area contributed by atoms with E-state index in [1.165, 1.54) is 11.1 Å². The number of amides is 3. The number of nitrogens with one attached hydrogen (secondary N) is 2. The fourth-order valence-electron chi connectivity index (χ4n) is 5.88. The number of hydrogen-bond donors (Lipinski definition) is 2. The van der Waals surface area contributed by atoms with Crippen LogP contribution in [0.15, 0.2) is 54.7 Å². The lowest BCUT2D eigenvalue weighted by molar-refractivity contribution is -0.137. The summed E-state index contributed by atoms with van der Waals surface area (Å²) >= 11 is 6.05. The molecule has 0 radical (unpaired) electrons. The number of alkyl halides is 3. The van der Waals surface area contributed by atoms with Crippen molar-refractivity contribution in [3.63, 3.8) is 0 Å². The van der Waals surface area contributed by atoms with E-state index in [2.05, 4.69) is 20.7 Å². The number of halogens is 4. The lowest BCUT2D eigenvalue weighted by Gasteiger charge is -2.34. The Morgan fingerprint density at radius 1 is 1.02 bits per heavy atom. The van der Waals surface area contributed by atoms with Crippen LogP contribution in [0.25, 0.3) is 22.0 Å². The van der Waals surface area contributed by atoms with Crippen LogP contribution in [-0.4, -0.2) is 52.9 Å². The van der Waals surface area contributed by atoms with Crippen molar-refractivity contribution >= 4 is 46.1 Å². The third-order valence-corrected chi connectivity index (χ3v) is 8.45. The van der Waals surface area contributed by atoms with Gasteiger partial charge in [-0.15, -0.1) is 0 Å². The number of piperidine rings is 1. The normalized spacial score (nSPS) is 16.6. The molecule has 13 heteroatoms. The van der Waals surface area contributed by atoms with E-state index in [4.69, 9.17) is 11.6 Å². The van der Waals surface area contributed by atoms with E-state index in [1.807, 2.05) is 25.2 Å². The molecule has 6 rings (SSSR count). The Bertz CT molecular complexity index is 1720. The third-order valence-electron chi connectivity index (χ3n) is 8.21. The highest BCUT2D eigenvalue weighted by Gasteiger charge is 2.37. The number of pyridine rings is 1. The number of aryl methyl sites for hydroxylation is 1. The number of urea groups is 1. The molecule has 0 spiro atoms. The number of benzene rings is 2. The van der Waals surface area contributed by atoms with Crippen molar-refractivity contribution in [2.45, 2.75) is 32.0 Å². The summed E-state index contributed by atoms with van der Waals surface area (Å²) in [4.78, 5) is 31.5. The number of aromatic nitrogens is 3. The summed E-state index contributed by atoms with van der Waals surface area (Å²) in [5, 5.41) is 11.6. The van der Waals surface area contributed by atoms with Crippen LogP contribution in [0.4, 0.5) is 29.6 Å². The smallest absolute Gasteiger partial charge is 0.356 e. The standard InChI is InChI=1S/C31H31ClF3N7O2/c1-40-26-6-5-20(13-24(26)28(39-40)42-12-9-27(43)38-30(42)44)17-36-16-19-7-10-41(11-8-19)29-25(31(33,34)35)15-22(18-37-29)21-3-2-4-23(32)14-21/h2-6,13-15,18-19,36H,7-12,16-17H2,1H3,(H,38,43,44). The number of carbonyl (C=O) groups is 2. The summed E-state index contributed by atoms with van der Waals surface area (Å²) < 4.78 is 44.0. The molecule has 2 saturated heterocycles. The Morgan fingerprint density at radius 2 is 1.82 bits per heavy atom. The lowest BCUT2D eigenvalue weighted by Crippen LogP contribution is -2.49. The Labute approximate surface area is 257 Å². The number of hydrogen-bond acceptors (Lipinski definition) is 6. The van der Waals surface area contributed by atoms with Gasteiger partial charge in [0.25, 0.3) is 0 Å². The highest BCUT2D eigenvalue weighted by Crippen LogP contribution is 2.39. The monoisotopic (exact) mass is 625 g/mol. The van der Waals surface area contributed by atoms with Crippen molar-refractivity contribution in [3.05, 3.63) is 70.9 Å². The fraction of sp³-hybridized carbons (Fsp3) is 0.355. The lowest BCUT2D eigenvalue weighted by atomic mass is 9.96. The minimum absolute atomic E-state index is 0.0398. The van der Waals surface area contributed by atoms with Crippen LogP contribution in [0.1, 0.15) is 30.4 Å². The second-order valence-corrected chi connectivity index (χ2v) is 11.7. The van der Waals surface area contributed by atoms with Gasteiger partial charge in [-0.3, -0.25) is 19.7 Å². The number of anilines is 2. The van der Waals surface area contributed by atoms with Gasteiger partial charge in [0, 0.05) is 61.8 Å². The zero-order chi connectivity index (χ0) is 31.0. The van der Waals surface area contributed by atoms with Gasteiger partial charge in [0.15, 0.2) is 5.82 Å². The summed E-state index contributed by atoms with van der Waals surface area (Å²) in [6, 6.07) is 13.3. The minimum Gasteiger partial charge on any atom is -0.356 e. The first-order valence-corrected chi connectivity index (χ1v) is 14.8. The molecule has 2 aliphatic rings. The molecule has 2 fully saturated rings. The molecule has 9 nitrogen and oxygen atoms in total. The predicted molar refractivity (Wildman–Crippen MR) is 163 cm³/mol. The molecule has 0 bridgehead atoms. The average Bonchev–Trinajstić information content (AvgIpc) is 3.32. The zero-order valence-electron chi connectivity index (χ0n) is 24.0. The summed E-state index contributed by atoms with van der Waals surface area (Å²) in [6.07, 6.45) is -1.38. The Morgan fingerprint density at radius 3 is 2.55 bits per heavy atom. The maximum absolute atomic E-state index is 14.1. The molecule has 0 atom stereocenters. The quantitative estimate of drug-likeness (QED) is 0.271. The Kier molecular flexibility index (Phi) is 8.21. The van der Waals surface area contributed by atoms with Gasteiger partial charge in [-0.05, 0) is 66.8 Å². The molecular weight excluding hydrogens is 595 g/mol. The van der Waals surface area contributed by atoms with Crippen LogP contribution in [0.3, 0.4) is 0 Å². The minimum atomic E-state index is -4.54. The molecule has 0 saturated carbocycles. The van der Waals surface area contributed by atoms with Crippen molar-refractivity contribution in [3.8, 4) is 11.1 Å². The van der Waals surface area contributed by atoms with E-state index in [0.29, 0.717) is 47.5 Å². The summed E-state index contributed by atoms with van der Waals surface area (Å²) in [7, 11) is 1.81. The summed E-state index contributed by atoms with van der Waals surface area (Å²) in [5.74, 6) is 0.473. The van der Waals surface area contributed by atoms with Gasteiger partial charge in [-0.25, -0.2) is 9.78 Å².